The molecule has 0 aromatic heterocycles. The predicted molar refractivity (Wildman–Crippen MR) is 85.5 cm³/mol. The number of ether oxygens (including phenoxy) is 1. The molecular formula is C15H28N2O4S. The third kappa shape index (κ3) is 4.00. The van der Waals surface area contributed by atoms with Crippen molar-refractivity contribution in [2.24, 2.45) is 0 Å². The van der Waals surface area contributed by atoms with Crippen molar-refractivity contribution in [3.63, 3.8) is 0 Å². The largest absolute Gasteiger partial charge is 0.379 e. The van der Waals surface area contributed by atoms with Crippen molar-refractivity contribution in [3.8, 4) is 0 Å². The van der Waals surface area contributed by atoms with Gasteiger partial charge in [-0.2, -0.15) is 0 Å². The van der Waals surface area contributed by atoms with E-state index in [0.29, 0.717) is 39.1 Å². The number of morpholine rings is 1. The highest BCUT2D eigenvalue weighted by Gasteiger charge is 2.39. The van der Waals surface area contributed by atoms with Gasteiger partial charge in [0, 0.05) is 32.4 Å². The molecule has 0 N–H and O–H groups in total. The third-order valence-electron chi connectivity index (χ3n) is 4.89. The Hall–Kier alpha value is -0.660. The summed E-state index contributed by atoms with van der Waals surface area (Å²) in [6.45, 7) is 7.94. The maximum Gasteiger partial charge on any atom is 0.242 e. The van der Waals surface area contributed by atoms with E-state index in [1.54, 1.807) is 0 Å². The maximum atomic E-state index is 12.9. The summed E-state index contributed by atoms with van der Waals surface area (Å²) in [5, 5.41) is -0.309. The molecule has 0 aromatic rings. The van der Waals surface area contributed by atoms with Gasteiger partial charge in [-0.25, -0.2) is 8.42 Å². The molecule has 0 spiro atoms. The monoisotopic (exact) mass is 332 g/mol. The van der Waals surface area contributed by atoms with Crippen LogP contribution in [0.5, 0.6) is 0 Å². The summed E-state index contributed by atoms with van der Waals surface area (Å²) < 4.78 is 28.8. The molecule has 2 aliphatic rings. The lowest BCUT2D eigenvalue weighted by Gasteiger charge is -2.42. The van der Waals surface area contributed by atoms with Crippen molar-refractivity contribution in [1.29, 1.82) is 0 Å². The minimum atomic E-state index is -3.02. The second kappa shape index (κ2) is 6.84. The van der Waals surface area contributed by atoms with Crippen LogP contribution in [0.3, 0.4) is 0 Å². The third-order valence-corrected chi connectivity index (χ3v) is 6.58. The zero-order valence-corrected chi connectivity index (χ0v) is 14.7. The second-order valence-electron chi connectivity index (χ2n) is 6.83. The van der Waals surface area contributed by atoms with Crippen LogP contribution in [-0.4, -0.2) is 80.6 Å². The number of nitrogens with zero attached hydrogens (tertiary/aromatic N) is 2. The number of carbonyl (C=O) groups is 1. The minimum Gasteiger partial charge on any atom is -0.379 e. The van der Waals surface area contributed by atoms with Crippen LogP contribution >= 0.6 is 0 Å². The molecule has 2 aliphatic heterocycles. The van der Waals surface area contributed by atoms with E-state index in [-0.39, 0.29) is 11.2 Å². The normalized spacial score (nSPS) is 25.8. The fraction of sp³-hybridized carbons (Fsp3) is 0.933. The fourth-order valence-corrected chi connectivity index (χ4v) is 4.47. The number of likely N-dealkylation sites (tertiary alicyclic amines) is 1. The molecule has 6 nitrogen and oxygen atoms in total. The van der Waals surface area contributed by atoms with Gasteiger partial charge in [-0.05, 0) is 33.1 Å². The first-order valence-corrected chi connectivity index (χ1v) is 9.99. The standard InChI is InChI=1S/C15H28N2O4S/c1-15(2,17-9-11-21-12-10-17)14(18)16-7-4-5-13(6-8-16)22(3,19)20/h13H,4-12H2,1-3H3/t13-/m0/s1. The molecule has 0 aliphatic carbocycles. The molecule has 128 valence electrons. The molecule has 2 rings (SSSR count). The molecule has 2 saturated heterocycles. The number of amides is 1. The first kappa shape index (κ1) is 17.7. The van der Waals surface area contributed by atoms with E-state index in [9.17, 15) is 13.2 Å². The highest BCUT2D eigenvalue weighted by Crippen LogP contribution is 2.23. The van der Waals surface area contributed by atoms with Crippen LogP contribution in [0.4, 0.5) is 0 Å². The van der Waals surface area contributed by atoms with E-state index in [2.05, 4.69) is 4.90 Å². The molecule has 7 heteroatoms. The summed E-state index contributed by atoms with van der Waals surface area (Å²) in [4.78, 5) is 16.9. The van der Waals surface area contributed by atoms with Gasteiger partial charge in [0.2, 0.25) is 5.91 Å². The Morgan fingerprint density at radius 3 is 2.32 bits per heavy atom. The van der Waals surface area contributed by atoms with Crippen molar-refractivity contribution in [3.05, 3.63) is 0 Å². The van der Waals surface area contributed by atoms with Gasteiger partial charge < -0.3 is 9.64 Å². The molecule has 1 atom stereocenters. The van der Waals surface area contributed by atoms with Gasteiger partial charge in [0.25, 0.3) is 0 Å². The van der Waals surface area contributed by atoms with Gasteiger partial charge >= 0.3 is 0 Å². The Morgan fingerprint density at radius 2 is 1.73 bits per heavy atom. The van der Waals surface area contributed by atoms with E-state index in [0.717, 1.165) is 19.5 Å². The van der Waals surface area contributed by atoms with Crippen LogP contribution in [-0.2, 0) is 19.4 Å². The van der Waals surface area contributed by atoms with Gasteiger partial charge in [0.05, 0.1) is 24.0 Å². The molecule has 0 bridgehead atoms. The zero-order valence-electron chi connectivity index (χ0n) is 13.9. The lowest BCUT2D eigenvalue weighted by Crippen LogP contribution is -2.59. The van der Waals surface area contributed by atoms with Gasteiger partial charge in [-0.3, -0.25) is 9.69 Å². The minimum absolute atomic E-state index is 0.101. The number of hydrogen-bond donors (Lipinski definition) is 0. The van der Waals surface area contributed by atoms with Gasteiger partial charge in [-0.1, -0.05) is 0 Å². The van der Waals surface area contributed by atoms with Crippen molar-refractivity contribution in [2.45, 2.75) is 43.9 Å². The Bertz CT molecular complexity index is 498. The molecule has 0 unspecified atom stereocenters. The first-order chi connectivity index (χ1) is 10.2. The van der Waals surface area contributed by atoms with Crippen LogP contribution in [0, 0.1) is 0 Å². The molecule has 22 heavy (non-hydrogen) atoms. The van der Waals surface area contributed by atoms with E-state index >= 15 is 0 Å². The Morgan fingerprint density at radius 1 is 1.09 bits per heavy atom. The number of carbonyl (C=O) groups excluding carboxylic acids is 1. The first-order valence-electron chi connectivity index (χ1n) is 8.04. The van der Waals surface area contributed by atoms with Crippen LogP contribution in [0.25, 0.3) is 0 Å². The predicted octanol–water partition coefficient (Wildman–Crippen LogP) is 0.523. The van der Waals surface area contributed by atoms with Crippen molar-refractivity contribution < 1.29 is 17.9 Å². The summed E-state index contributed by atoms with van der Waals surface area (Å²) in [6, 6.07) is 0. The Balaban J connectivity index is 2.02. The van der Waals surface area contributed by atoms with E-state index in [1.165, 1.54) is 6.26 Å². The van der Waals surface area contributed by atoms with E-state index in [4.69, 9.17) is 4.74 Å². The van der Waals surface area contributed by atoms with Crippen molar-refractivity contribution in [1.82, 2.24) is 9.80 Å². The topological polar surface area (TPSA) is 66.9 Å². The molecule has 0 aromatic carbocycles. The van der Waals surface area contributed by atoms with Gasteiger partial charge in [0.1, 0.15) is 9.84 Å². The van der Waals surface area contributed by atoms with E-state index in [1.807, 2.05) is 18.7 Å². The average molecular weight is 332 g/mol. The summed E-state index contributed by atoms with van der Waals surface area (Å²) >= 11 is 0. The molecule has 1 amide bonds. The van der Waals surface area contributed by atoms with Crippen LogP contribution in [0.15, 0.2) is 0 Å². The maximum absolute atomic E-state index is 12.9. The van der Waals surface area contributed by atoms with Crippen molar-refractivity contribution >= 4 is 15.7 Å². The van der Waals surface area contributed by atoms with E-state index < -0.39 is 15.4 Å². The van der Waals surface area contributed by atoms with Crippen molar-refractivity contribution in [2.75, 3.05) is 45.6 Å². The van der Waals surface area contributed by atoms with Gasteiger partial charge in [-0.15, -0.1) is 0 Å². The lowest BCUT2D eigenvalue weighted by atomic mass is 9.99. The summed E-state index contributed by atoms with van der Waals surface area (Å²) in [7, 11) is -3.02. The average Bonchev–Trinajstić information content (AvgIpc) is 2.73. The molecule has 0 radical (unpaired) electrons. The van der Waals surface area contributed by atoms with Crippen LogP contribution in [0.2, 0.25) is 0 Å². The van der Waals surface area contributed by atoms with Gasteiger partial charge in [0.15, 0.2) is 0 Å². The summed E-state index contributed by atoms with van der Waals surface area (Å²) in [6.07, 6.45) is 3.25. The number of sulfone groups is 1. The Kier molecular flexibility index (Phi) is 5.50. The number of rotatable bonds is 3. The lowest BCUT2D eigenvalue weighted by molar-refractivity contribution is -0.145. The second-order valence-corrected chi connectivity index (χ2v) is 9.16. The highest BCUT2D eigenvalue weighted by atomic mass is 32.2. The SMILES string of the molecule is CC(C)(C(=O)N1CCC[C@H](S(C)(=O)=O)CC1)N1CCOCC1. The highest BCUT2D eigenvalue weighted by molar-refractivity contribution is 7.91. The summed E-state index contributed by atoms with van der Waals surface area (Å²) in [5.41, 5.74) is -0.561. The molecular weight excluding hydrogens is 304 g/mol. The summed E-state index contributed by atoms with van der Waals surface area (Å²) in [5.74, 6) is 0.101. The quantitative estimate of drug-likeness (QED) is 0.754. The molecule has 2 fully saturated rings. The Labute approximate surface area is 133 Å². The zero-order chi connectivity index (χ0) is 16.4. The molecule has 0 saturated carbocycles. The number of hydrogen-bond acceptors (Lipinski definition) is 5. The molecule has 2 heterocycles. The fourth-order valence-electron chi connectivity index (χ4n) is 3.34. The smallest absolute Gasteiger partial charge is 0.242 e. The van der Waals surface area contributed by atoms with Crippen LogP contribution in [0.1, 0.15) is 33.1 Å². The van der Waals surface area contributed by atoms with Crippen LogP contribution < -0.4 is 0 Å².